The van der Waals surface area contributed by atoms with Crippen LogP contribution in [0.5, 0.6) is 0 Å². The minimum Gasteiger partial charge on any atom is -0.368 e. The van der Waals surface area contributed by atoms with E-state index in [1.807, 2.05) is 13.0 Å². The maximum absolute atomic E-state index is 12.5. The molecular formula is C14H17F3N4O. The molecule has 2 heterocycles. The molecule has 1 amide bonds. The van der Waals surface area contributed by atoms with E-state index in [0.29, 0.717) is 32.4 Å². The predicted octanol–water partition coefficient (Wildman–Crippen LogP) is 2.58. The normalized spacial score (nSPS) is 16.8. The molecule has 0 unspecified atom stereocenters. The van der Waals surface area contributed by atoms with Gasteiger partial charge in [0.05, 0.1) is 11.8 Å². The number of alkyl halides is 3. The first-order chi connectivity index (χ1) is 10.4. The van der Waals surface area contributed by atoms with Crippen molar-refractivity contribution in [3.8, 4) is 0 Å². The van der Waals surface area contributed by atoms with Gasteiger partial charge in [0.2, 0.25) is 0 Å². The predicted molar refractivity (Wildman–Crippen MR) is 75.1 cm³/mol. The van der Waals surface area contributed by atoms with E-state index in [1.54, 1.807) is 6.08 Å². The molecule has 0 bridgehead atoms. The summed E-state index contributed by atoms with van der Waals surface area (Å²) in [7, 11) is 0. The van der Waals surface area contributed by atoms with Crippen molar-refractivity contribution < 1.29 is 18.0 Å². The lowest BCUT2D eigenvalue weighted by molar-refractivity contribution is -0.137. The van der Waals surface area contributed by atoms with Gasteiger partial charge in [-0.2, -0.15) is 23.0 Å². The van der Waals surface area contributed by atoms with Gasteiger partial charge in [-0.05, 0) is 13.0 Å². The van der Waals surface area contributed by atoms with Crippen molar-refractivity contribution in [2.45, 2.75) is 13.1 Å². The van der Waals surface area contributed by atoms with Crippen molar-refractivity contribution in [2.24, 2.45) is 0 Å². The Morgan fingerprint density at radius 3 is 2.32 bits per heavy atom. The number of carbonyl (C=O) groups is 1. The SMILES string of the molecule is C=CC(=CC)N1CCN(C(=O)n2cc(C(F)(F)F)cn2)CC1. The number of allylic oxidation sites excluding steroid dienone is 2. The second kappa shape index (κ2) is 6.25. The Hall–Kier alpha value is -2.25. The topological polar surface area (TPSA) is 41.4 Å². The fraction of sp³-hybridized carbons (Fsp3) is 0.429. The molecule has 0 radical (unpaired) electrons. The molecule has 2 rings (SSSR count). The first kappa shape index (κ1) is 16.1. The summed E-state index contributed by atoms with van der Waals surface area (Å²) in [6.45, 7) is 7.67. The van der Waals surface area contributed by atoms with Gasteiger partial charge in [0.25, 0.3) is 0 Å². The van der Waals surface area contributed by atoms with E-state index < -0.39 is 17.8 Å². The fourth-order valence-corrected chi connectivity index (χ4v) is 2.30. The highest BCUT2D eigenvalue weighted by Crippen LogP contribution is 2.28. The summed E-state index contributed by atoms with van der Waals surface area (Å²) in [4.78, 5) is 15.7. The Kier molecular flexibility index (Phi) is 4.58. The third-order valence-corrected chi connectivity index (χ3v) is 3.53. The standard InChI is InChI=1S/C14H17F3N4O/c1-3-12(4-2)19-5-7-20(8-6-19)13(22)21-10-11(9-18-21)14(15,16)17/h3-4,9-10H,1,5-8H2,2H3. The van der Waals surface area contributed by atoms with Crippen LogP contribution in [0.25, 0.3) is 0 Å². The maximum atomic E-state index is 12.5. The number of hydrogen-bond donors (Lipinski definition) is 0. The van der Waals surface area contributed by atoms with Gasteiger partial charge in [-0.15, -0.1) is 0 Å². The largest absolute Gasteiger partial charge is 0.419 e. The zero-order valence-corrected chi connectivity index (χ0v) is 12.2. The summed E-state index contributed by atoms with van der Waals surface area (Å²) in [6.07, 6.45) is 0.538. The van der Waals surface area contributed by atoms with Crippen molar-refractivity contribution >= 4 is 6.03 Å². The number of piperazine rings is 1. The van der Waals surface area contributed by atoms with Gasteiger partial charge >= 0.3 is 12.2 Å². The fourth-order valence-electron chi connectivity index (χ4n) is 2.30. The minimum atomic E-state index is -4.50. The van der Waals surface area contributed by atoms with E-state index in [1.165, 1.54) is 4.90 Å². The molecule has 1 aromatic rings. The number of aromatic nitrogens is 2. The first-order valence-corrected chi connectivity index (χ1v) is 6.81. The lowest BCUT2D eigenvalue weighted by Crippen LogP contribution is -2.49. The van der Waals surface area contributed by atoms with Gasteiger partial charge < -0.3 is 9.80 Å². The number of halogens is 3. The van der Waals surface area contributed by atoms with E-state index in [-0.39, 0.29) is 0 Å². The van der Waals surface area contributed by atoms with E-state index in [4.69, 9.17) is 0 Å². The second-order valence-corrected chi connectivity index (χ2v) is 4.85. The van der Waals surface area contributed by atoms with Crippen molar-refractivity contribution in [2.75, 3.05) is 26.2 Å². The molecule has 1 aromatic heterocycles. The van der Waals surface area contributed by atoms with Crippen molar-refractivity contribution in [1.29, 1.82) is 0 Å². The second-order valence-electron chi connectivity index (χ2n) is 4.85. The van der Waals surface area contributed by atoms with Gasteiger partial charge in [0, 0.05) is 38.1 Å². The molecule has 0 spiro atoms. The Balaban J connectivity index is 2.01. The van der Waals surface area contributed by atoms with E-state index >= 15 is 0 Å². The molecule has 5 nitrogen and oxygen atoms in total. The Bertz CT molecular complexity index is 583. The summed E-state index contributed by atoms with van der Waals surface area (Å²) < 4.78 is 38.3. The summed E-state index contributed by atoms with van der Waals surface area (Å²) in [5, 5.41) is 3.51. The number of nitrogens with zero attached hydrogens (tertiary/aromatic N) is 4. The monoisotopic (exact) mass is 314 g/mol. The quantitative estimate of drug-likeness (QED) is 0.788. The van der Waals surface area contributed by atoms with Crippen LogP contribution >= 0.6 is 0 Å². The van der Waals surface area contributed by atoms with Crippen LogP contribution in [-0.4, -0.2) is 51.8 Å². The highest BCUT2D eigenvalue weighted by molar-refractivity contribution is 5.76. The molecule has 0 N–H and O–H groups in total. The third-order valence-electron chi connectivity index (χ3n) is 3.53. The van der Waals surface area contributed by atoms with Crippen molar-refractivity contribution in [3.05, 3.63) is 42.4 Å². The van der Waals surface area contributed by atoms with Crippen LogP contribution in [0, 0.1) is 0 Å². The summed E-state index contributed by atoms with van der Waals surface area (Å²) in [6, 6.07) is -0.546. The number of carbonyl (C=O) groups excluding carboxylic acids is 1. The molecule has 1 aliphatic heterocycles. The zero-order valence-electron chi connectivity index (χ0n) is 12.2. The third kappa shape index (κ3) is 3.32. The summed E-state index contributed by atoms with van der Waals surface area (Å²) in [5.41, 5.74) is 0.0490. The Morgan fingerprint density at radius 2 is 1.86 bits per heavy atom. The molecular weight excluding hydrogens is 297 g/mol. The zero-order chi connectivity index (χ0) is 16.3. The number of amides is 1. The van der Waals surface area contributed by atoms with E-state index in [2.05, 4.69) is 16.6 Å². The van der Waals surface area contributed by atoms with Crippen LogP contribution in [0.1, 0.15) is 12.5 Å². The molecule has 0 aromatic carbocycles. The van der Waals surface area contributed by atoms with Crippen LogP contribution in [-0.2, 0) is 6.18 Å². The smallest absolute Gasteiger partial charge is 0.368 e. The molecule has 0 atom stereocenters. The molecule has 120 valence electrons. The van der Waals surface area contributed by atoms with Crippen molar-refractivity contribution in [1.82, 2.24) is 19.6 Å². The number of rotatable bonds is 2. The Morgan fingerprint density at radius 1 is 1.27 bits per heavy atom. The van der Waals surface area contributed by atoms with Gasteiger partial charge in [-0.3, -0.25) is 0 Å². The minimum absolute atomic E-state index is 0.422. The first-order valence-electron chi connectivity index (χ1n) is 6.81. The van der Waals surface area contributed by atoms with E-state index in [9.17, 15) is 18.0 Å². The van der Waals surface area contributed by atoms with Crippen LogP contribution in [0.4, 0.5) is 18.0 Å². The summed E-state index contributed by atoms with van der Waals surface area (Å²) >= 11 is 0. The lowest BCUT2D eigenvalue weighted by Gasteiger charge is -2.36. The summed E-state index contributed by atoms with van der Waals surface area (Å²) in [5.74, 6) is 0. The molecule has 1 saturated heterocycles. The molecule has 1 aliphatic rings. The molecule has 0 saturated carbocycles. The van der Waals surface area contributed by atoms with Crippen LogP contribution in [0.15, 0.2) is 36.8 Å². The average Bonchev–Trinajstić information content (AvgIpc) is 2.98. The van der Waals surface area contributed by atoms with Crippen LogP contribution in [0.2, 0.25) is 0 Å². The van der Waals surface area contributed by atoms with Gasteiger partial charge in [0.1, 0.15) is 0 Å². The molecule has 1 fully saturated rings. The van der Waals surface area contributed by atoms with Crippen molar-refractivity contribution in [3.63, 3.8) is 0 Å². The van der Waals surface area contributed by atoms with E-state index in [0.717, 1.165) is 16.6 Å². The Labute approximate surface area is 126 Å². The molecule has 0 aliphatic carbocycles. The highest BCUT2D eigenvalue weighted by atomic mass is 19.4. The van der Waals surface area contributed by atoms with Gasteiger partial charge in [0.15, 0.2) is 0 Å². The number of hydrogen-bond acceptors (Lipinski definition) is 3. The van der Waals surface area contributed by atoms with Crippen LogP contribution in [0.3, 0.4) is 0 Å². The van der Waals surface area contributed by atoms with Gasteiger partial charge in [-0.1, -0.05) is 12.7 Å². The molecule has 8 heteroatoms. The maximum Gasteiger partial charge on any atom is 0.419 e. The highest BCUT2D eigenvalue weighted by Gasteiger charge is 2.33. The molecule has 22 heavy (non-hydrogen) atoms. The lowest BCUT2D eigenvalue weighted by atomic mass is 10.2. The van der Waals surface area contributed by atoms with Crippen LogP contribution < -0.4 is 0 Å². The average molecular weight is 314 g/mol. The van der Waals surface area contributed by atoms with Gasteiger partial charge in [-0.25, -0.2) is 4.79 Å².